The zero-order chi connectivity index (χ0) is 12.3. The predicted octanol–water partition coefficient (Wildman–Crippen LogP) is 1.24. The van der Waals surface area contributed by atoms with Gasteiger partial charge in [0.05, 0.1) is 11.9 Å². The van der Waals surface area contributed by atoms with Crippen LogP contribution in [-0.4, -0.2) is 40.9 Å². The largest absolute Gasteiger partial charge is 0.372 e. The van der Waals surface area contributed by atoms with Crippen molar-refractivity contribution in [2.45, 2.75) is 25.7 Å². The summed E-state index contributed by atoms with van der Waals surface area (Å²) in [6.07, 6.45) is 5.49. The quantitative estimate of drug-likeness (QED) is 0.836. The molecule has 0 bridgehead atoms. The molecule has 1 fully saturated rings. The second kappa shape index (κ2) is 5.12. The number of likely N-dealkylation sites (tertiary alicyclic amines) is 1. The Labute approximate surface area is 101 Å². The third-order valence-electron chi connectivity index (χ3n) is 3.27. The molecule has 5 heteroatoms. The van der Waals surface area contributed by atoms with E-state index in [1.165, 1.54) is 0 Å². The lowest BCUT2D eigenvalue weighted by atomic mass is 9.94. The average Bonchev–Trinajstić information content (AvgIpc) is 2.39. The maximum Gasteiger partial charge on any atom is 0.219 e. The zero-order valence-corrected chi connectivity index (χ0v) is 10.3. The summed E-state index contributed by atoms with van der Waals surface area (Å²) in [5.74, 6) is 1.39. The molecule has 5 nitrogen and oxygen atoms in total. The van der Waals surface area contributed by atoms with Gasteiger partial charge in [0.15, 0.2) is 0 Å². The first-order chi connectivity index (χ1) is 8.20. The number of carbonyl (C=O) groups is 1. The van der Waals surface area contributed by atoms with Crippen molar-refractivity contribution in [3.63, 3.8) is 0 Å². The second-order valence-electron chi connectivity index (χ2n) is 4.36. The highest BCUT2D eigenvalue weighted by Crippen LogP contribution is 2.26. The Hall–Kier alpha value is -1.65. The number of hydrogen-bond acceptors (Lipinski definition) is 4. The van der Waals surface area contributed by atoms with Crippen LogP contribution in [0.5, 0.6) is 0 Å². The minimum absolute atomic E-state index is 0.165. The van der Waals surface area contributed by atoms with Crippen LogP contribution in [0.1, 0.15) is 31.4 Å². The number of aromatic nitrogens is 2. The van der Waals surface area contributed by atoms with E-state index in [4.69, 9.17) is 0 Å². The van der Waals surface area contributed by atoms with Gasteiger partial charge in [0.1, 0.15) is 5.82 Å². The Balaban J connectivity index is 2.02. The van der Waals surface area contributed by atoms with Gasteiger partial charge < -0.3 is 10.2 Å². The highest BCUT2D eigenvalue weighted by Gasteiger charge is 2.23. The molecule has 1 saturated heterocycles. The van der Waals surface area contributed by atoms with Crippen molar-refractivity contribution in [2.75, 3.05) is 25.5 Å². The molecule has 1 amide bonds. The number of piperidine rings is 1. The highest BCUT2D eigenvalue weighted by atomic mass is 16.2. The molecule has 0 unspecified atom stereocenters. The Kier molecular flexibility index (Phi) is 3.56. The lowest BCUT2D eigenvalue weighted by Gasteiger charge is -2.30. The fourth-order valence-electron chi connectivity index (χ4n) is 2.19. The van der Waals surface area contributed by atoms with Gasteiger partial charge in [0.2, 0.25) is 5.91 Å². The van der Waals surface area contributed by atoms with E-state index in [9.17, 15) is 4.79 Å². The summed E-state index contributed by atoms with van der Waals surface area (Å²) >= 11 is 0. The second-order valence-corrected chi connectivity index (χ2v) is 4.36. The van der Waals surface area contributed by atoms with Gasteiger partial charge in [0.25, 0.3) is 0 Å². The van der Waals surface area contributed by atoms with E-state index >= 15 is 0 Å². The normalized spacial score (nSPS) is 16.9. The summed E-state index contributed by atoms with van der Waals surface area (Å²) in [5, 5.41) is 3.00. The summed E-state index contributed by atoms with van der Waals surface area (Å²) < 4.78 is 0. The van der Waals surface area contributed by atoms with E-state index in [1.807, 2.05) is 18.1 Å². The van der Waals surface area contributed by atoms with E-state index in [2.05, 4.69) is 15.3 Å². The molecule has 92 valence electrons. The van der Waals surface area contributed by atoms with Crippen molar-refractivity contribution in [3.05, 3.63) is 18.1 Å². The number of nitrogens with zero attached hydrogens (tertiary/aromatic N) is 3. The molecule has 0 aliphatic carbocycles. The lowest BCUT2D eigenvalue weighted by molar-refractivity contribution is -0.129. The van der Waals surface area contributed by atoms with Gasteiger partial charge in [-0.05, 0) is 12.8 Å². The van der Waals surface area contributed by atoms with Crippen molar-refractivity contribution in [3.8, 4) is 0 Å². The van der Waals surface area contributed by atoms with Gasteiger partial charge in [-0.25, -0.2) is 4.98 Å². The third-order valence-corrected chi connectivity index (χ3v) is 3.27. The highest BCUT2D eigenvalue weighted by molar-refractivity contribution is 5.73. The molecule has 0 radical (unpaired) electrons. The van der Waals surface area contributed by atoms with Crippen LogP contribution in [0.3, 0.4) is 0 Å². The first-order valence-corrected chi connectivity index (χ1v) is 5.96. The molecule has 2 rings (SSSR count). The number of amides is 1. The lowest BCUT2D eigenvalue weighted by Crippen LogP contribution is -2.36. The van der Waals surface area contributed by atoms with Gasteiger partial charge in [-0.3, -0.25) is 9.78 Å². The monoisotopic (exact) mass is 234 g/mol. The van der Waals surface area contributed by atoms with Gasteiger partial charge in [-0.15, -0.1) is 0 Å². The third kappa shape index (κ3) is 2.72. The molecule has 1 aliphatic heterocycles. The predicted molar refractivity (Wildman–Crippen MR) is 65.8 cm³/mol. The Morgan fingerprint density at radius 2 is 2.12 bits per heavy atom. The summed E-state index contributed by atoms with van der Waals surface area (Å²) in [4.78, 5) is 21.8. The fourth-order valence-corrected chi connectivity index (χ4v) is 2.19. The van der Waals surface area contributed by atoms with Crippen LogP contribution in [0.15, 0.2) is 12.4 Å². The molecule has 1 aromatic rings. The molecule has 0 atom stereocenters. The van der Waals surface area contributed by atoms with E-state index < -0.39 is 0 Å². The molecule has 17 heavy (non-hydrogen) atoms. The summed E-state index contributed by atoms with van der Waals surface area (Å²) in [6, 6.07) is 0. The molecule has 0 spiro atoms. The first kappa shape index (κ1) is 11.8. The first-order valence-electron chi connectivity index (χ1n) is 5.96. The van der Waals surface area contributed by atoms with E-state index in [0.29, 0.717) is 5.92 Å². The molecular formula is C12H18N4O. The summed E-state index contributed by atoms with van der Waals surface area (Å²) in [5.41, 5.74) is 1.03. The van der Waals surface area contributed by atoms with Crippen molar-refractivity contribution >= 4 is 11.7 Å². The van der Waals surface area contributed by atoms with Gasteiger partial charge in [-0.2, -0.15) is 0 Å². The molecular weight excluding hydrogens is 216 g/mol. The van der Waals surface area contributed by atoms with Crippen LogP contribution in [0.4, 0.5) is 5.82 Å². The SMILES string of the molecule is CNc1cncc(C2CCN(C(C)=O)CC2)n1. The maximum atomic E-state index is 11.2. The van der Waals surface area contributed by atoms with Gasteiger partial charge in [-0.1, -0.05) is 0 Å². The van der Waals surface area contributed by atoms with Crippen LogP contribution in [0, 0.1) is 0 Å². The number of hydrogen-bond donors (Lipinski definition) is 1. The standard InChI is InChI=1S/C12H18N4O/c1-9(17)16-5-3-10(4-6-16)11-7-14-8-12(13-2)15-11/h7-8,10H,3-6H2,1-2H3,(H,13,15). The van der Waals surface area contributed by atoms with Crippen molar-refractivity contribution < 1.29 is 4.79 Å². The van der Waals surface area contributed by atoms with Crippen LogP contribution in [0.25, 0.3) is 0 Å². The molecule has 0 saturated carbocycles. The average molecular weight is 234 g/mol. The molecule has 1 aromatic heterocycles. The summed E-state index contributed by atoms with van der Waals surface area (Å²) in [7, 11) is 1.84. The number of rotatable bonds is 2. The number of carbonyl (C=O) groups excluding carboxylic acids is 1. The van der Waals surface area contributed by atoms with Crippen LogP contribution in [0.2, 0.25) is 0 Å². The summed E-state index contributed by atoms with van der Waals surface area (Å²) in [6.45, 7) is 3.28. The minimum atomic E-state index is 0.165. The van der Waals surface area contributed by atoms with Crippen molar-refractivity contribution in [2.24, 2.45) is 0 Å². The Morgan fingerprint density at radius 3 is 2.71 bits per heavy atom. The smallest absolute Gasteiger partial charge is 0.219 e. The van der Waals surface area contributed by atoms with Crippen molar-refractivity contribution in [1.29, 1.82) is 0 Å². The Morgan fingerprint density at radius 1 is 1.41 bits per heavy atom. The van der Waals surface area contributed by atoms with Crippen LogP contribution < -0.4 is 5.32 Å². The van der Waals surface area contributed by atoms with Crippen LogP contribution >= 0.6 is 0 Å². The van der Waals surface area contributed by atoms with E-state index in [-0.39, 0.29) is 5.91 Å². The number of anilines is 1. The number of nitrogens with one attached hydrogen (secondary N) is 1. The maximum absolute atomic E-state index is 11.2. The van der Waals surface area contributed by atoms with Crippen molar-refractivity contribution in [1.82, 2.24) is 14.9 Å². The zero-order valence-electron chi connectivity index (χ0n) is 10.3. The van der Waals surface area contributed by atoms with Gasteiger partial charge in [0, 0.05) is 39.2 Å². The molecule has 2 heterocycles. The van der Waals surface area contributed by atoms with Gasteiger partial charge >= 0.3 is 0 Å². The van der Waals surface area contributed by atoms with E-state index in [0.717, 1.165) is 37.4 Å². The van der Waals surface area contributed by atoms with Crippen LogP contribution in [-0.2, 0) is 4.79 Å². The fraction of sp³-hybridized carbons (Fsp3) is 0.583. The molecule has 1 N–H and O–H groups in total. The minimum Gasteiger partial charge on any atom is -0.372 e. The molecule has 1 aliphatic rings. The molecule has 0 aromatic carbocycles. The topological polar surface area (TPSA) is 58.1 Å². The Bertz CT molecular complexity index is 399. The van der Waals surface area contributed by atoms with E-state index in [1.54, 1.807) is 13.1 Å².